The van der Waals surface area contributed by atoms with Crippen molar-refractivity contribution in [3.8, 4) is 0 Å². The van der Waals surface area contributed by atoms with E-state index in [4.69, 9.17) is 5.84 Å². The molecular weight excluding hydrogens is 120 g/mol. The lowest BCUT2D eigenvalue weighted by Crippen LogP contribution is -2.48. The molecule has 0 radical (unpaired) electrons. The van der Waals surface area contributed by atoms with Crippen LogP contribution in [0.4, 0.5) is 0 Å². The summed E-state index contributed by atoms with van der Waals surface area (Å²) < 4.78 is 0.175. The van der Waals surface area contributed by atoms with Gasteiger partial charge in [0.1, 0.15) is 6.54 Å². The van der Waals surface area contributed by atoms with Gasteiger partial charge >= 0.3 is 0 Å². The van der Waals surface area contributed by atoms with Crippen molar-refractivity contribution < 1.29 is 14.5 Å². The lowest BCUT2D eigenvalue weighted by molar-refractivity contribution is -0.901. The van der Waals surface area contributed by atoms with E-state index in [-0.39, 0.29) is 11.0 Å². The Morgan fingerprint density at radius 3 is 2.22 bits per heavy atom. The minimum Gasteiger partial charge on any atom is -0.550 e. The van der Waals surface area contributed by atoms with Crippen LogP contribution in [0, 0.1) is 0 Å². The molecule has 0 heterocycles. The smallest absolute Gasteiger partial charge is 0.101 e. The maximum atomic E-state index is 9.87. The molecule has 9 heavy (non-hydrogen) atoms. The van der Waals surface area contributed by atoms with E-state index in [1.807, 2.05) is 0 Å². The molecule has 0 rings (SSSR count). The largest absolute Gasteiger partial charge is 0.550 e. The molecule has 0 fully saturated rings. The van der Waals surface area contributed by atoms with Crippen LogP contribution < -0.4 is 10.9 Å². The lowest BCUT2D eigenvalue weighted by Gasteiger charge is -2.21. The summed E-state index contributed by atoms with van der Waals surface area (Å²) in [5, 5.41) is 9.87. The molecule has 0 aliphatic carbocycles. The zero-order valence-corrected chi connectivity index (χ0v) is 5.76. The SMILES string of the molecule is C[N+](C)(N)CCC(=O)[O-]. The van der Waals surface area contributed by atoms with Gasteiger partial charge in [-0.05, 0) is 0 Å². The average Bonchev–Trinajstić information content (AvgIpc) is 1.59. The molecule has 0 aromatic rings. The maximum Gasteiger partial charge on any atom is 0.101 e. The quantitative estimate of drug-likeness (QED) is 0.276. The molecule has 0 bridgehead atoms. The highest BCUT2D eigenvalue weighted by Crippen LogP contribution is 1.86. The Labute approximate surface area is 54.4 Å². The van der Waals surface area contributed by atoms with Crippen molar-refractivity contribution in [2.75, 3.05) is 20.6 Å². The van der Waals surface area contributed by atoms with Crippen LogP contribution >= 0.6 is 0 Å². The standard InChI is InChI=1S/C5H12N2O2/c1-7(2,6)4-3-5(8)9/h3-4,6H2,1-2H3. The number of rotatable bonds is 3. The number of nitrogens with zero attached hydrogens (tertiary/aromatic N) is 1. The fourth-order valence-corrected chi connectivity index (χ4v) is 0.379. The van der Waals surface area contributed by atoms with Gasteiger partial charge in [-0.1, -0.05) is 0 Å². The van der Waals surface area contributed by atoms with Gasteiger partial charge in [-0.2, -0.15) is 5.84 Å². The van der Waals surface area contributed by atoms with Crippen molar-refractivity contribution >= 4 is 5.97 Å². The molecule has 0 aromatic carbocycles. The number of carbonyl (C=O) groups excluding carboxylic acids is 1. The molecule has 4 nitrogen and oxygen atoms in total. The summed E-state index contributed by atoms with van der Waals surface area (Å²) in [7, 11) is 3.45. The predicted octanol–water partition coefficient (Wildman–Crippen LogP) is -1.92. The second-order valence-electron chi connectivity index (χ2n) is 2.62. The number of hydrogen-bond acceptors (Lipinski definition) is 3. The van der Waals surface area contributed by atoms with Gasteiger partial charge in [0.25, 0.3) is 0 Å². The number of quaternary nitrogens is 1. The highest BCUT2D eigenvalue weighted by atomic mass is 16.4. The lowest BCUT2D eigenvalue weighted by atomic mass is 10.4. The van der Waals surface area contributed by atoms with E-state index in [0.29, 0.717) is 6.54 Å². The molecule has 0 aliphatic rings. The number of hydrogen-bond donors (Lipinski definition) is 1. The third-order valence-electron chi connectivity index (χ3n) is 0.892. The van der Waals surface area contributed by atoms with Gasteiger partial charge in [0.2, 0.25) is 0 Å². The van der Waals surface area contributed by atoms with Crippen LogP contribution in [0.3, 0.4) is 0 Å². The van der Waals surface area contributed by atoms with Gasteiger partial charge in [0.15, 0.2) is 0 Å². The Hall–Kier alpha value is -0.610. The molecule has 0 spiro atoms. The predicted molar refractivity (Wildman–Crippen MR) is 30.8 cm³/mol. The average molecular weight is 132 g/mol. The molecule has 0 aliphatic heterocycles. The molecule has 4 heteroatoms. The summed E-state index contributed by atoms with van der Waals surface area (Å²) in [6.45, 7) is 0.405. The van der Waals surface area contributed by atoms with Crippen LogP contribution in [0.1, 0.15) is 6.42 Å². The number of aliphatic carboxylic acids is 1. The first kappa shape index (κ1) is 8.39. The fourth-order valence-electron chi connectivity index (χ4n) is 0.379. The van der Waals surface area contributed by atoms with Gasteiger partial charge in [0, 0.05) is 12.4 Å². The van der Waals surface area contributed by atoms with Crippen molar-refractivity contribution in [2.24, 2.45) is 5.84 Å². The van der Waals surface area contributed by atoms with Crippen molar-refractivity contribution in [1.29, 1.82) is 0 Å². The second kappa shape index (κ2) is 2.80. The van der Waals surface area contributed by atoms with Crippen LogP contribution in [-0.4, -0.2) is 31.2 Å². The van der Waals surface area contributed by atoms with Gasteiger partial charge in [-0.3, -0.25) is 4.59 Å². The Kier molecular flexibility index (Phi) is 2.61. The second-order valence-corrected chi connectivity index (χ2v) is 2.62. The van der Waals surface area contributed by atoms with Crippen molar-refractivity contribution in [2.45, 2.75) is 6.42 Å². The zero-order valence-electron chi connectivity index (χ0n) is 5.76. The van der Waals surface area contributed by atoms with E-state index < -0.39 is 5.97 Å². The van der Waals surface area contributed by atoms with Crippen LogP contribution in [0.25, 0.3) is 0 Å². The minimum atomic E-state index is -1.05. The Bertz CT molecular complexity index is 106. The Morgan fingerprint density at radius 2 is 2.11 bits per heavy atom. The summed E-state index contributed by atoms with van der Waals surface area (Å²) >= 11 is 0. The number of nitrogens with two attached hydrogens (primary N) is 1. The fraction of sp³-hybridized carbons (Fsp3) is 0.800. The van der Waals surface area contributed by atoms with Gasteiger partial charge < -0.3 is 9.90 Å². The summed E-state index contributed by atoms with van der Waals surface area (Å²) in [5.41, 5.74) is 0. The molecule has 0 saturated carbocycles. The molecular formula is C5H12N2O2. The summed E-state index contributed by atoms with van der Waals surface area (Å²) in [4.78, 5) is 9.87. The van der Waals surface area contributed by atoms with Crippen LogP contribution in [0.2, 0.25) is 0 Å². The normalized spacial score (nSPS) is 11.4. The molecule has 2 N–H and O–H groups in total. The van der Waals surface area contributed by atoms with Crippen LogP contribution in [0.5, 0.6) is 0 Å². The Balaban J connectivity index is 3.39. The first-order chi connectivity index (χ1) is 3.92. The van der Waals surface area contributed by atoms with Crippen molar-refractivity contribution in [3.05, 3.63) is 0 Å². The molecule has 0 aromatic heterocycles. The van der Waals surface area contributed by atoms with E-state index in [2.05, 4.69) is 0 Å². The third kappa shape index (κ3) is 7.39. The molecule has 0 atom stereocenters. The van der Waals surface area contributed by atoms with Crippen LogP contribution in [0.15, 0.2) is 0 Å². The molecule has 0 unspecified atom stereocenters. The summed E-state index contributed by atoms with van der Waals surface area (Å²) in [5.74, 6) is 4.38. The van der Waals surface area contributed by atoms with E-state index in [1.165, 1.54) is 0 Å². The number of carbonyl (C=O) groups is 1. The topological polar surface area (TPSA) is 66.2 Å². The first-order valence-electron chi connectivity index (χ1n) is 2.73. The summed E-state index contributed by atoms with van der Waals surface area (Å²) in [6, 6.07) is 0. The maximum absolute atomic E-state index is 9.87. The third-order valence-corrected chi connectivity index (χ3v) is 0.892. The first-order valence-corrected chi connectivity index (χ1v) is 2.73. The van der Waals surface area contributed by atoms with E-state index in [9.17, 15) is 9.90 Å². The number of carboxylic acid groups (broad SMARTS) is 1. The van der Waals surface area contributed by atoms with Crippen LogP contribution in [-0.2, 0) is 4.79 Å². The molecule has 0 amide bonds. The highest BCUT2D eigenvalue weighted by Gasteiger charge is 2.06. The minimum absolute atomic E-state index is 0.0174. The van der Waals surface area contributed by atoms with E-state index in [1.54, 1.807) is 14.1 Å². The van der Waals surface area contributed by atoms with Crippen molar-refractivity contribution in [1.82, 2.24) is 0 Å². The zero-order chi connectivity index (χ0) is 7.49. The van der Waals surface area contributed by atoms with E-state index >= 15 is 0 Å². The molecule has 54 valence electrons. The highest BCUT2D eigenvalue weighted by molar-refractivity contribution is 5.64. The van der Waals surface area contributed by atoms with Crippen molar-refractivity contribution in [3.63, 3.8) is 0 Å². The van der Waals surface area contributed by atoms with Gasteiger partial charge in [-0.15, -0.1) is 0 Å². The van der Waals surface area contributed by atoms with Gasteiger partial charge in [0.05, 0.1) is 14.1 Å². The monoisotopic (exact) mass is 132 g/mol. The molecule has 0 saturated heterocycles. The number of carboxylic acids is 1. The Morgan fingerprint density at radius 1 is 1.67 bits per heavy atom. The van der Waals surface area contributed by atoms with E-state index in [0.717, 1.165) is 0 Å². The summed E-state index contributed by atoms with van der Waals surface area (Å²) in [6.07, 6.45) is 0.0174. The van der Waals surface area contributed by atoms with Gasteiger partial charge in [-0.25, -0.2) is 0 Å².